The number of sulfone groups is 1. The number of ether oxygens (including phenoxy) is 1. The number of aromatic hydroxyl groups is 1. The molecule has 7 nitrogen and oxygen atoms in total. The van der Waals surface area contributed by atoms with Crippen LogP contribution in [0.2, 0.25) is 10.0 Å². The molecule has 0 aliphatic rings. The minimum absolute atomic E-state index is 0.00789. The maximum atomic E-state index is 12.4. The highest BCUT2D eigenvalue weighted by Gasteiger charge is 2.18. The van der Waals surface area contributed by atoms with Gasteiger partial charge in [0.15, 0.2) is 15.6 Å². The van der Waals surface area contributed by atoms with Gasteiger partial charge in [-0.3, -0.25) is 4.79 Å². The smallest absolute Gasteiger partial charge is 0.291 e. The summed E-state index contributed by atoms with van der Waals surface area (Å²) < 4.78 is 35.0. The lowest BCUT2D eigenvalue weighted by atomic mass is 10.3. The average molecular weight is 470 g/mol. The normalized spacial score (nSPS) is 11.3. The lowest BCUT2D eigenvalue weighted by molar-refractivity contribution is 0.0992. The number of phenolic OH excluding ortho intramolecular Hbond substituents is 1. The first kappa shape index (κ1) is 22.0. The highest BCUT2D eigenvalue weighted by molar-refractivity contribution is 7.91. The minimum atomic E-state index is -3.50. The summed E-state index contributed by atoms with van der Waals surface area (Å²) in [6.07, 6.45) is 0. The fourth-order valence-corrected chi connectivity index (χ4v) is 3.85. The third kappa shape index (κ3) is 5.08. The van der Waals surface area contributed by atoms with Crippen molar-refractivity contribution < 1.29 is 27.5 Å². The van der Waals surface area contributed by atoms with Gasteiger partial charge in [0.2, 0.25) is 0 Å². The average Bonchev–Trinajstić information content (AvgIpc) is 3.18. The van der Waals surface area contributed by atoms with Gasteiger partial charge in [0.1, 0.15) is 23.9 Å². The van der Waals surface area contributed by atoms with E-state index in [0.29, 0.717) is 21.6 Å². The van der Waals surface area contributed by atoms with E-state index in [4.69, 9.17) is 32.4 Å². The quantitative estimate of drug-likeness (QED) is 0.475. The van der Waals surface area contributed by atoms with Gasteiger partial charge in [0.25, 0.3) is 5.91 Å². The molecule has 0 spiro atoms. The molecule has 0 unspecified atom stereocenters. The van der Waals surface area contributed by atoms with Crippen LogP contribution in [0.5, 0.6) is 11.5 Å². The first-order valence-electron chi connectivity index (χ1n) is 8.73. The molecule has 3 aromatic rings. The van der Waals surface area contributed by atoms with E-state index in [1.54, 1.807) is 24.3 Å². The Bertz CT molecular complexity index is 1190. The second-order valence-corrected chi connectivity index (χ2v) is 9.29. The van der Waals surface area contributed by atoms with Crippen LogP contribution in [0.4, 0.5) is 5.69 Å². The van der Waals surface area contributed by atoms with E-state index < -0.39 is 15.7 Å². The summed E-state index contributed by atoms with van der Waals surface area (Å²) in [6, 6.07) is 11.4. The van der Waals surface area contributed by atoms with Crippen molar-refractivity contribution in [2.24, 2.45) is 0 Å². The molecule has 0 bridgehead atoms. The first-order valence-corrected chi connectivity index (χ1v) is 11.1. The van der Waals surface area contributed by atoms with Crippen LogP contribution in [-0.4, -0.2) is 25.2 Å². The number of halogens is 2. The zero-order valence-electron chi connectivity index (χ0n) is 15.7. The zero-order valence-corrected chi connectivity index (χ0v) is 18.0. The van der Waals surface area contributed by atoms with Crippen molar-refractivity contribution in [2.75, 3.05) is 11.1 Å². The number of hydrogen-bond acceptors (Lipinski definition) is 6. The van der Waals surface area contributed by atoms with Crippen LogP contribution in [0.25, 0.3) is 0 Å². The summed E-state index contributed by atoms with van der Waals surface area (Å²) >= 11 is 11.9. The van der Waals surface area contributed by atoms with Gasteiger partial charge in [0, 0.05) is 5.02 Å². The van der Waals surface area contributed by atoms with E-state index in [-0.39, 0.29) is 34.5 Å². The molecule has 0 radical (unpaired) electrons. The predicted octanol–water partition coefficient (Wildman–Crippen LogP) is 4.92. The fraction of sp³-hybridized carbons (Fsp3) is 0.150. The van der Waals surface area contributed by atoms with Gasteiger partial charge >= 0.3 is 0 Å². The number of carbonyl (C=O) groups excluding carboxylic acids is 1. The van der Waals surface area contributed by atoms with Gasteiger partial charge < -0.3 is 19.6 Å². The number of phenols is 1. The molecule has 0 saturated heterocycles. The van der Waals surface area contributed by atoms with Crippen molar-refractivity contribution in [1.29, 1.82) is 0 Å². The van der Waals surface area contributed by atoms with Crippen LogP contribution in [0.3, 0.4) is 0 Å². The van der Waals surface area contributed by atoms with E-state index in [1.807, 2.05) is 0 Å². The molecule has 30 heavy (non-hydrogen) atoms. The third-order valence-corrected chi connectivity index (χ3v) is 6.37. The van der Waals surface area contributed by atoms with Crippen LogP contribution in [0.1, 0.15) is 23.2 Å². The predicted molar refractivity (Wildman–Crippen MR) is 113 cm³/mol. The van der Waals surface area contributed by atoms with E-state index in [9.17, 15) is 18.3 Å². The Hall–Kier alpha value is -2.68. The Morgan fingerprint density at radius 3 is 2.60 bits per heavy atom. The van der Waals surface area contributed by atoms with Crippen LogP contribution in [0.15, 0.2) is 57.8 Å². The van der Waals surface area contributed by atoms with Gasteiger partial charge in [-0.25, -0.2) is 8.42 Å². The lowest BCUT2D eigenvalue weighted by Crippen LogP contribution is -2.12. The topological polar surface area (TPSA) is 106 Å². The number of furan rings is 1. The molecule has 0 aliphatic carbocycles. The Kier molecular flexibility index (Phi) is 6.60. The van der Waals surface area contributed by atoms with Crippen molar-refractivity contribution in [3.8, 4) is 11.5 Å². The molecule has 2 N–H and O–H groups in total. The van der Waals surface area contributed by atoms with Crippen LogP contribution >= 0.6 is 23.2 Å². The third-order valence-electron chi connectivity index (χ3n) is 4.10. The molecule has 0 saturated carbocycles. The number of anilines is 1. The molecule has 1 heterocycles. The Morgan fingerprint density at radius 1 is 1.13 bits per heavy atom. The van der Waals surface area contributed by atoms with Crippen LogP contribution in [0, 0.1) is 0 Å². The SMILES string of the molecule is CCS(=O)(=O)c1ccc(O)c(NC(=O)c2ccc(COc3ccc(Cl)cc3Cl)o2)c1. The van der Waals surface area contributed by atoms with E-state index >= 15 is 0 Å². The highest BCUT2D eigenvalue weighted by atomic mass is 35.5. The molecule has 0 atom stereocenters. The van der Waals surface area contributed by atoms with Gasteiger partial charge in [0.05, 0.1) is 21.4 Å². The Labute approximate surface area is 183 Å². The van der Waals surface area contributed by atoms with Gasteiger partial charge in [-0.1, -0.05) is 30.1 Å². The maximum absolute atomic E-state index is 12.4. The lowest BCUT2D eigenvalue weighted by Gasteiger charge is -2.09. The molecular weight excluding hydrogens is 453 g/mol. The number of amides is 1. The summed E-state index contributed by atoms with van der Waals surface area (Å²) in [4.78, 5) is 12.4. The van der Waals surface area contributed by atoms with E-state index in [0.717, 1.165) is 0 Å². The molecule has 3 rings (SSSR count). The second kappa shape index (κ2) is 8.99. The standard InChI is InChI=1S/C20H17Cl2NO6S/c1-2-30(26,27)14-5-6-17(24)16(10-14)23-20(25)19-8-4-13(29-19)11-28-18-7-3-12(21)9-15(18)22/h3-10,24H,2,11H2,1H3,(H,23,25). The molecule has 1 amide bonds. The summed E-state index contributed by atoms with van der Waals surface area (Å²) in [6.45, 7) is 1.52. The molecule has 0 fully saturated rings. The second-order valence-electron chi connectivity index (χ2n) is 6.17. The minimum Gasteiger partial charge on any atom is -0.506 e. The summed E-state index contributed by atoms with van der Waals surface area (Å²) in [5, 5.41) is 13.2. The zero-order chi connectivity index (χ0) is 21.9. The largest absolute Gasteiger partial charge is 0.506 e. The molecule has 158 valence electrons. The van der Waals surface area contributed by atoms with Crippen molar-refractivity contribution in [3.05, 3.63) is 70.1 Å². The molecule has 10 heteroatoms. The van der Waals surface area contributed by atoms with E-state index in [1.165, 1.54) is 31.2 Å². The number of benzene rings is 2. The molecular formula is C20H17Cl2NO6S. The van der Waals surface area contributed by atoms with Gasteiger partial charge in [-0.15, -0.1) is 0 Å². The molecule has 0 aliphatic heterocycles. The molecule has 1 aromatic heterocycles. The number of carbonyl (C=O) groups is 1. The van der Waals surface area contributed by atoms with Crippen LogP contribution < -0.4 is 10.1 Å². The van der Waals surface area contributed by atoms with Crippen molar-refractivity contribution >= 4 is 44.6 Å². The molecule has 2 aromatic carbocycles. The Morgan fingerprint density at radius 2 is 1.90 bits per heavy atom. The van der Waals surface area contributed by atoms with Crippen molar-refractivity contribution in [3.63, 3.8) is 0 Å². The summed E-state index contributed by atoms with van der Waals surface area (Å²) in [5.74, 6) is -0.318. The van der Waals surface area contributed by atoms with Gasteiger partial charge in [-0.05, 0) is 48.5 Å². The number of nitrogens with one attached hydrogen (secondary N) is 1. The Balaban J connectivity index is 1.70. The maximum Gasteiger partial charge on any atom is 0.291 e. The fourth-order valence-electron chi connectivity index (χ4n) is 2.48. The van der Waals surface area contributed by atoms with Crippen molar-refractivity contribution in [1.82, 2.24) is 0 Å². The van der Waals surface area contributed by atoms with Gasteiger partial charge in [-0.2, -0.15) is 0 Å². The monoisotopic (exact) mass is 469 g/mol. The summed E-state index contributed by atoms with van der Waals surface area (Å²) in [5.41, 5.74) is -0.0447. The highest BCUT2D eigenvalue weighted by Crippen LogP contribution is 2.29. The first-order chi connectivity index (χ1) is 14.2. The summed E-state index contributed by atoms with van der Waals surface area (Å²) in [7, 11) is -3.50. The van der Waals surface area contributed by atoms with E-state index in [2.05, 4.69) is 5.32 Å². The van der Waals surface area contributed by atoms with Crippen molar-refractivity contribution in [2.45, 2.75) is 18.4 Å². The number of hydrogen-bond donors (Lipinski definition) is 2. The van der Waals surface area contributed by atoms with Crippen LogP contribution in [-0.2, 0) is 16.4 Å². The number of rotatable bonds is 7.